The Morgan fingerprint density at radius 2 is 2.06 bits per heavy atom. The van der Waals surface area contributed by atoms with Crippen molar-refractivity contribution < 1.29 is 19.4 Å². The van der Waals surface area contributed by atoms with E-state index in [1.54, 1.807) is 18.2 Å². The van der Waals surface area contributed by atoms with Crippen molar-refractivity contribution in [2.24, 2.45) is 0 Å². The molecule has 1 N–H and O–H groups in total. The first-order chi connectivity index (χ1) is 8.56. The Bertz CT molecular complexity index is 488. The Balaban J connectivity index is 2.26. The number of aliphatic carboxylic acids is 1. The predicted octanol–water partition coefficient (Wildman–Crippen LogP) is 1.21. The minimum Gasteiger partial charge on any atom is -0.479 e. The van der Waals surface area contributed by atoms with Crippen molar-refractivity contribution in [1.29, 1.82) is 0 Å². The molecule has 5 nitrogen and oxygen atoms in total. The van der Waals surface area contributed by atoms with Crippen LogP contribution in [0.25, 0.3) is 5.70 Å². The Labute approximate surface area is 104 Å². The molecule has 5 heteroatoms. The van der Waals surface area contributed by atoms with Gasteiger partial charge in [0.1, 0.15) is 0 Å². The fourth-order valence-electron chi connectivity index (χ4n) is 1.95. The number of fused-ring (bicyclic) bond motifs is 1. The summed E-state index contributed by atoms with van der Waals surface area (Å²) in [5.41, 5.74) is 1.80. The minimum atomic E-state index is -1.10. The largest absolute Gasteiger partial charge is 0.479 e. The van der Waals surface area contributed by atoms with Crippen LogP contribution in [0.1, 0.15) is 15.9 Å². The second-order valence-electron chi connectivity index (χ2n) is 3.97. The summed E-state index contributed by atoms with van der Waals surface area (Å²) in [6.45, 7) is 3.79. The van der Waals surface area contributed by atoms with E-state index in [9.17, 15) is 9.59 Å². The molecule has 0 aromatic heterocycles. The highest BCUT2D eigenvalue weighted by Gasteiger charge is 2.33. The molecule has 0 radical (unpaired) electrons. The molecule has 18 heavy (non-hydrogen) atoms. The fourth-order valence-corrected chi connectivity index (χ4v) is 1.95. The number of nitrogens with zero attached hydrogens (tertiary/aromatic N) is 1. The molecule has 1 atom stereocenters. The molecule has 1 aromatic carbocycles. The Morgan fingerprint density at radius 1 is 1.44 bits per heavy atom. The number of amides is 1. The standard InChI is InChI=1S/C13H13NO4/c1-8-9-5-3-4-6-10(9)12(15)14(8)7-11(18-2)13(16)17/h3-6,11H,1,7H2,2H3,(H,16,17). The van der Waals surface area contributed by atoms with Crippen LogP contribution in [0.3, 0.4) is 0 Å². The molecule has 2 rings (SSSR count). The van der Waals surface area contributed by atoms with Crippen molar-refractivity contribution in [2.45, 2.75) is 6.10 Å². The summed E-state index contributed by atoms with van der Waals surface area (Å²) in [6.07, 6.45) is -1.06. The number of hydrogen-bond donors (Lipinski definition) is 1. The van der Waals surface area contributed by atoms with Gasteiger partial charge in [-0.15, -0.1) is 0 Å². The van der Waals surface area contributed by atoms with E-state index < -0.39 is 12.1 Å². The molecule has 1 unspecified atom stereocenters. The highest BCUT2D eigenvalue weighted by molar-refractivity contribution is 6.09. The van der Waals surface area contributed by atoms with Crippen LogP contribution in [0.15, 0.2) is 30.8 Å². The third-order valence-electron chi connectivity index (χ3n) is 2.95. The number of rotatable bonds is 4. The first-order valence-corrected chi connectivity index (χ1v) is 5.42. The van der Waals surface area contributed by atoms with Crippen molar-refractivity contribution in [1.82, 2.24) is 4.90 Å². The molecule has 0 fully saturated rings. The summed E-state index contributed by atoms with van der Waals surface area (Å²) in [5, 5.41) is 8.93. The van der Waals surface area contributed by atoms with E-state index in [0.29, 0.717) is 11.3 Å². The van der Waals surface area contributed by atoms with Gasteiger partial charge in [0.15, 0.2) is 6.10 Å². The van der Waals surface area contributed by atoms with E-state index in [1.165, 1.54) is 12.0 Å². The van der Waals surface area contributed by atoms with Gasteiger partial charge < -0.3 is 14.7 Å². The summed E-state index contributed by atoms with van der Waals surface area (Å²) in [7, 11) is 1.30. The molecule has 0 bridgehead atoms. The zero-order valence-electron chi connectivity index (χ0n) is 9.92. The molecule has 0 spiro atoms. The Hall–Kier alpha value is -2.14. The molecule has 0 saturated heterocycles. The van der Waals surface area contributed by atoms with Crippen molar-refractivity contribution >= 4 is 17.6 Å². The lowest BCUT2D eigenvalue weighted by molar-refractivity contribution is -0.148. The van der Waals surface area contributed by atoms with Crippen LogP contribution in [0, 0.1) is 0 Å². The highest BCUT2D eigenvalue weighted by Crippen LogP contribution is 2.31. The van der Waals surface area contributed by atoms with Crippen LogP contribution >= 0.6 is 0 Å². The molecule has 94 valence electrons. The van der Waals surface area contributed by atoms with Gasteiger partial charge in [-0.3, -0.25) is 4.79 Å². The molecule has 1 heterocycles. The van der Waals surface area contributed by atoms with E-state index in [0.717, 1.165) is 5.56 Å². The number of hydrogen-bond acceptors (Lipinski definition) is 3. The van der Waals surface area contributed by atoms with Crippen LogP contribution in [0.5, 0.6) is 0 Å². The summed E-state index contributed by atoms with van der Waals surface area (Å²) in [6, 6.07) is 7.06. The lowest BCUT2D eigenvalue weighted by Crippen LogP contribution is -2.37. The van der Waals surface area contributed by atoms with Gasteiger partial charge in [0.25, 0.3) is 5.91 Å². The number of methoxy groups -OCH3 is 1. The number of carboxylic acids is 1. The molecule has 0 saturated carbocycles. The van der Waals surface area contributed by atoms with E-state index in [-0.39, 0.29) is 12.5 Å². The maximum absolute atomic E-state index is 12.1. The van der Waals surface area contributed by atoms with Gasteiger partial charge in [-0.05, 0) is 6.07 Å². The quantitative estimate of drug-likeness (QED) is 0.868. The van der Waals surface area contributed by atoms with Crippen LogP contribution < -0.4 is 0 Å². The molecule has 1 aliphatic heterocycles. The van der Waals surface area contributed by atoms with Gasteiger partial charge in [-0.2, -0.15) is 0 Å². The average molecular weight is 247 g/mol. The monoisotopic (exact) mass is 247 g/mol. The lowest BCUT2D eigenvalue weighted by atomic mass is 10.1. The van der Waals surface area contributed by atoms with E-state index >= 15 is 0 Å². The summed E-state index contributed by atoms with van der Waals surface area (Å²) < 4.78 is 4.83. The number of carboxylic acid groups (broad SMARTS) is 1. The maximum Gasteiger partial charge on any atom is 0.334 e. The zero-order chi connectivity index (χ0) is 13.3. The van der Waals surface area contributed by atoms with Gasteiger partial charge in [0.2, 0.25) is 0 Å². The Kier molecular flexibility index (Phi) is 3.16. The van der Waals surface area contributed by atoms with Crippen LogP contribution in [-0.2, 0) is 9.53 Å². The predicted molar refractivity (Wildman–Crippen MR) is 64.9 cm³/mol. The van der Waals surface area contributed by atoms with Crippen molar-refractivity contribution in [3.63, 3.8) is 0 Å². The molecule has 0 aliphatic carbocycles. The molecular weight excluding hydrogens is 234 g/mol. The van der Waals surface area contributed by atoms with E-state index in [2.05, 4.69) is 6.58 Å². The third kappa shape index (κ3) is 1.89. The highest BCUT2D eigenvalue weighted by atomic mass is 16.5. The fraction of sp³-hybridized carbons (Fsp3) is 0.231. The first-order valence-electron chi connectivity index (χ1n) is 5.42. The van der Waals surface area contributed by atoms with Gasteiger partial charge in [-0.1, -0.05) is 24.8 Å². The molecular formula is C13H13NO4. The summed E-state index contributed by atoms with van der Waals surface area (Å²) in [4.78, 5) is 24.3. The van der Waals surface area contributed by atoms with Crippen molar-refractivity contribution in [3.05, 3.63) is 42.0 Å². The Morgan fingerprint density at radius 3 is 2.56 bits per heavy atom. The van der Waals surface area contributed by atoms with Crippen molar-refractivity contribution in [3.8, 4) is 0 Å². The van der Waals surface area contributed by atoms with Gasteiger partial charge >= 0.3 is 5.97 Å². The molecule has 1 amide bonds. The zero-order valence-corrected chi connectivity index (χ0v) is 9.92. The van der Waals surface area contributed by atoms with Gasteiger partial charge in [0.05, 0.1) is 6.54 Å². The second kappa shape index (κ2) is 4.62. The topological polar surface area (TPSA) is 66.8 Å². The van der Waals surface area contributed by atoms with Gasteiger partial charge in [0, 0.05) is 23.9 Å². The van der Waals surface area contributed by atoms with Crippen LogP contribution in [0.4, 0.5) is 0 Å². The van der Waals surface area contributed by atoms with E-state index in [1.807, 2.05) is 6.07 Å². The molecule has 1 aliphatic rings. The number of benzene rings is 1. The maximum atomic E-state index is 12.1. The molecule has 1 aromatic rings. The van der Waals surface area contributed by atoms with Crippen molar-refractivity contribution in [2.75, 3.05) is 13.7 Å². The first kappa shape index (κ1) is 12.3. The summed E-state index contributed by atoms with van der Waals surface area (Å²) >= 11 is 0. The van der Waals surface area contributed by atoms with Crippen LogP contribution in [0.2, 0.25) is 0 Å². The van der Waals surface area contributed by atoms with Crippen LogP contribution in [-0.4, -0.2) is 41.6 Å². The average Bonchev–Trinajstić information content (AvgIpc) is 2.60. The number of carbonyl (C=O) groups is 2. The SMILES string of the molecule is C=C1c2ccccc2C(=O)N1CC(OC)C(=O)O. The van der Waals surface area contributed by atoms with E-state index in [4.69, 9.17) is 9.84 Å². The normalized spacial score (nSPS) is 15.7. The second-order valence-corrected chi connectivity index (χ2v) is 3.97. The number of carbonyl (C=O) groups excluding carboxylic acids is 1. The smallest absolute Gasteiger partial charge is 0.334 e. The number of ether oxygens (including phenoxy) is 1. The minimum absolute atomic E-state index is 0.0435. The third-order valence-corrected chi connectivity index (χ3v) is 2.95. The summed E-state index contributed by atoms with van der Waals surface area (Å²) in [5.74, 6) is -1.34. The lowest BCUT2D eigenvalue weighted by Gasteiger charge is -2.21. The van der Waals surface area contributed by atoms with Gasteiger partial charge in [-0.25, -0.2) is 4.79 Å².